The second kappa shape index (κ2) is 5.44. The number of halogens is 1. The lowest BCUT2D eigenvalue weighted by Gasteiger charge is -2.08. The van der Waals surface area contributed by atoms with Crippen LogP contribution in [0.5, 0.6) is 5.95 Å². The monoisotopic (exact) mass is 326 g/mol. The van der Waals surface area contributed by atoms with Crippen LogP contribution in [0.25, 0.3) is 11.0 Å². The standard InChI is InChI=1S/C13H11BrO5/c1-7(15)18-6-10-12(16)9-5-8(14)3-4-11(9)19-13(10)17-2/h3-5H,6H2,1-2H3. The van der Waals surface area contributed by atoms with Crippen LogP contribution in [-0.2, 0) is 16.1 Å². The number of hydrogen-bond donors (Lipinski definition) is 0. The second-order valence-corrected chi connectivity index (χ2v) is 4.74. The van der Waals surface area contributed by atoms with E-state index in [1.807, 2.05) is 0 Å². The van der Waals surface area contributed by atoms with Crippen molar-refractivity contribution in [2.45, 2.75) is 13.5 Å². The van der Waals surface area contributed by atoms with E-state index >= 15 is 0 Å². The molecule has 2 aromatic rings. The molecule has 1 aromatic carbocycles. The van der Waals surface area contributed by atoms with Crippen molar-refractivity contribution in [3.63, 3.8) is 0 Å². The molecule has 6 heteroatoms. The van der Waals surface area contributed by atoms with E-state index in [4.69, 9.17) is 13.9 Å². The topological polar surface area (TPSA) is 65.7 Å². The zero-order chi connectivity index (χ0) is 14.0. The highest BCUT2D eigenvalue weighted by molar-refractivity contribution is 9.10. The predicted octanol–water partition coefficient (Wildman–Crippen LogP) is 2.63. The van der Waals surface area contributed by atoms with Crippen LogP contribution in [0.3, 0.4) is 0 Å². The Morgan fingerprint density at radius 3 is 2.79 bits per heavy atom. The van der Waals surface area contributed by atoms with E-state index < -0.39 is 5.97 Å². The molecule has 0 radical (unpaired) electrons. The number of hydrogen-bond acceptors (Lipinski definition) is 5. The molecule has 0 aliphatic heterocycles. The van der Waals surface area contributed by atoms with E-state index in [-0.39, 0.29) is 23.5 Å². The molecule has 0 saturated carbocycles. The van der Waals surface area contributed by atoms with Crippen LogP contribution in [-0.4, -0.2) is 13.1 Å². The Kier molecular flexibility index (Phi) is 3.90. The van der Waals surface area contributed by atoms with Crippen LogP contribution in [0.4, 0.5) is 0 Å². The normalized spacial score (nSPS) is 10.5. The average molecular weight is 327 g/mol. The lowest BCUT2D eigenvalue weighted by molar-refractivity contribution is -0.142. The van der Waals surface area contributed by atoms with Crippen molar-refractivity contribution >= 4 is 32.9 Å². The van der Waals surface area contributed by atoms with Gasteiger partial charge < -0.3 is 13.9 Å². The zero-order valence-electron chi connectivity index (χ0n) is 10.4. The number of esters is 1. The molecule has 2 rings (SSSR count). The SMILES string of the molecule is COc1oc2ccc(Br)cc2c(=O)c1COC(C)=O. The minimum absolute atomic E-state index is 0.0565. The maximum absolute atomic E-state index is 12.3. The molecule has 0 spiro atoms. The van der Waals surface area contributed by atoms with Gasteiger partial charge in [-0.15, -0.1) is 0 Å². The molecule has 19 heavy (non-hydrogen) atoms. The molecule has 0 fully saturated rings. The van der Waals surface area contributed by atoms with E-state index in [9.17, 15) is 9.59 Å². The Bertz CT molecular complexity index is 689. The van der Waals surface area contributed by atoms with Gasteiger partial charge in [0.1, 0.15) is 17.8 Å². The average Bonchev–Trinajstić information content (AvgIpc) is 2.37. The van der Waals surface area contributed by atoms with E-state index in [1.165, 1.54) is 14.0 Å². The Morgan fingerprint density at radius 2 is 2.16 bits per heavy atom. The van der Waals surface area contributed by atoms with Gasteiger partial charge in [-0.1, -0.05) is 15.9 Å². The zero-order valence-corrected chi connectivity index (χ0v) is 11.9. The van der Waals surface area contributed by atoms with Crippen LogP contribution in [0.2, 0.25) is 0 Å². The maximum atomic E-state index is 12.3. The van der Waals surface area contributed by atoms with Crippen molar-refractivity contribution in [1.29, 1.82) is 0 Å². The van der Waals surface area contributed by atoms with Crippen LogP contribution >= 0.6 is 15.9 Å². The van der Waals surface area contributed by atoms with E-state index in [2.05, 4.69) is 15.9 Å². The quantitative estimate of drug-likeness (QED) is 0.811. The van der Waals surface area contributed by atoms with Gasteiger partial charge in [-0.3, -0.25) is 9.59 Å². The molecule has 0 bridgehead atoms. The number of methoxy groups -OCH3 is 1. The largest absolute Gasteiger partial charge is 0.468 e. The molecular weight excluding hydrogens is 316 g/mol. The summed E-state index contributed by atoms with van der Waals surface area (Å²) in [5.74, 6) is -0.420. The van der Waals surface area contributed by atoms with Gasteiger partial charge in [-0.25, -0.2) is 0 Å². The summed E-state index contributed by atoms with van der Waals surface area (Å²) >= 11 is 3.29. The Balaban J connectivity index is 2.63. The summed E-state index contributed by atoms with van der Waals surface area (Å²) in [5.41, 5.74) is 0.320. The minimum Gasteiger partial charge on any atom is -0.468 e. The summed E-state index contributed by atoms with van der Waals surface area (Å²) in [6.45, 7) is 1.09. The molecule has 0 N–H and O–H groups in total. The van der Waals surface area contributed by atoms with Gasteiger partial charge >= 0.3 is 5.97 Å². The van der Waals surface area contributed by atoms with Gasteiger partial charge in [0, 0.05) is 11.4 Å². The van der Waals surface area contributed by atoms with Gasteiger partial charge in [-0.05, 0) is 18.2 Å². The summed E-state index contributed by atoms with van der Waals surface area (Å²) in [5, 5.41) is 0.400. The highest BCUT2D eigenvalue weighted by Crippen LogP contribution is 2.24. The molecule has 0 saturated heterocycles. The summed E-state index contributed by atoms with van der Waals surface area (Å²) in [6.07, 6.45) is 0. The van der Waals surface area contributed by atoms with Gasteiger partial charge in [0.05, 0.1) is 12.5 Å². The van der Waals surface area contributed by atoms with Crippen molar-refractivity contribution < 1.29 is 18.7 Å². The van der Waals surface area contributed by atoms with Gasteiger partial charge in [0.25, 0.3) is 5.95 Å². The highest BCUT2D eigenvalue weighted by Gasteiger charge is 2.16. The molecular formula is C13H11BrO5. The fourth-order valence-corrected chi connectivity index (χ4v) is 2.01. The minimum atomic E-state index is -0.476. The Hall–Kier alpha value is -1.82. The van der Waals surface area contributed by atoms with Crippen LogP contribution in [0.1, 0.15) is 12.5 Å². The summed E-state index contributed by atoms with van der Waals surface area (Å²) in [7, 11) is 1.39. The van der Waals surface area contributed by atoms with Crippen LogP contribution < -0.4 is 10.2 Å². The predicted molar refractivity (Wildman–Crippen MR) is 72.2 cm³/mol. The summed E-state index contributed by atoms with van der Waals surface area (Å²) < 4.78 is 16.1. The Labute approximate surface area is 117 Å². The third-order valence-corrected chi connectivity index (χ3v) is 3.01. The third-order valence-electron chi connectivity index (χ3n) is 2.51. The number of ether oxygens (including phenoxy) is 2. The molecule has 0 aliphatic carbocycles. The van der Waals surface area contributed by atoms with Crippen molar-refractivity contribution in [3.05, 3.63) is 38.5 Å². The van der Waals surface area contributed by atoms with Gasteiger partial charge in [-0.2, -0.15) is 0 Å². The number of benzene rings is 1. The summed E-state index contributed by atoms with van der Waals surface area (Å²) in [4.78, 5) is 23.2. The first-order valence-corrected chi connectivity index (χ1v) is 6.25. The molecule has 0 aliphatic rings. The van der Waals surface area contributed by atoms with Crippen molar-refractivity contribution in [3.8, 4) is 5.95 Å². The second-order valence-electron chi connectivity index (χ2n) is 3.82. The van der Waals surface area contributed by atoms with Crippen molar-refractivity contribution in [2.24, 2.45) is 0 Å². The molecule has 0 amide bonds. The molecule has 1 heterocycles. The molecule has 1 aromatic heterocycles. The lowest BCUT2D eigenvalue weighted by atomic mass is 10.2. The first-order chi connectivity index (χ1) is 9.02. The van der Waals surface area contributed by atoms with E-state index in [1.54, 1.807) is 18.2 Å². The van der Waals surface area contributed by atoms with Gasteiger partial charge in [0.15, 0.2) is 0 Å². The first-order valence-electron chi connectivity index (χ1n) is 5.45. The van der Waals surface area contributed by atoms with E-state index in [0.29, 0.717) is 11.0 Å². The molecule has 100 valence electrons. The number of carbonyl (C=O) groups excluding carboxylic acids is 1. The highest BCUT2D eigenvalue weighted by atomic mass is 79.9. The van der Waals surface area contributed by atoms with Crippen molar-refractivity contribution in [1.82, 2.24) is 0 Å². The third kappa shape index (κ3) is 2.78. The fourth-order valence-electron chi connectivity index (χ4n) is 1.65. The van der Waals surface area contributed by atoms with Crippen LogP contribution in [0, 0.1) is 0 Å². The van der Waals surface area contributed by atoms with Crippen molar-refractivity contribution in [2.75, 3.05) is 7.11 Å². The number of fused-ring (bicyclic) bond motifs is 1. The number of rotatable bonds is 3. The smallest absolute Gasteiger partial charge is 0.302 e. The first kappa shape index (κ1) is 13.6. The molecule has 0 atom stereocenters. The van der Waals surface area contributed by atoms with Gasteiger partial charge in [0.2, 0.25) is 5.43 Å². The van der Waals surface area contributed by atoms with E-state index in [0.717, 1.165) is 4.47 Å². The fraction of sp³-hybridized carbons (Fsp3) is 0.231. The summed E-state index contributed by atoms with van der Waals surface area (Å²) in [6, 6.07) is 5.08. The molecule has 5 nitrogen and oxygen atoms in total. The Morgan fingerprint density at radius 1 is 1.42 bits per heavy atom. The lowest BCUT2D eigenvalue weighted by Crippen LogP contribution is -2.14. The number of carbonyl (C=O) groups is 1. The van der Waals surface area contributed by atoms with Crippen LogP contribution in [0.15, 0.2) is 31.9 Å². The molecule has 0 unspecified atom stereocenters. The maximum Gasteiger partial charge on any atom is 0.302 e.